The zero-order valence-corrected chi connectivity index (χ0v) is 17.2. The number of H-pyrrole nitrogens is 1. The Kier molecular flexibility index (Phi) is 5.85. The topological polar surface area (TPSA) is 78.1 Å². The predicted molar refractivity (Wildman–Crippen MR) is 117 cm³/mol. The molecular formula is C22H24N4O2S. The van der Waals surface area contributed by atoms with Crippen molar-refractivity contribution in [1.82, 2.24) is 15.3 Å². The fourth-order valence-electron chi connectivity index (χ4n) is 3.61. The highest BCUT2D eigenvalue weighted by molar-refractivity contribution is 7.98. The second-order valence-electron chi connectivity index (χ2n) is 7.14. The number of nitrogens with zero attached hydrogens (tertiary/aromatic N) is 2. The zero-order chi connectivity index (χ0) is 20.2. The number of thioether (sulfide) groups is 1. The van der Waals surface area contributed by atoms with Gasteiger partial charge in [0.05, 0.1) is 17.1 Å². The number of aromatic nitrogens is 2. The van der Waals surface area contributed by atoms with Crippen molar-refractivity contribution in [2.45, 2.75) is 25.3 Å². The largest absolute Gasteiger partial charge is 0.342 e. The average molecular weight is 409 g/mol. The Hall–Kier alpha value is -2.80. The number of carbonyl (C=O) groups is 2. The fourth-order valence-corrected chi connectivity index (χ4v) is 4.08. The van der Waals surface area contributed by atoms with Gasteiger partial charge >= 0.3 is 0 Å². The third-order valence-electron chi connectivity index (χ3n) is 5.17. The minimum absolute atomic E-state index is 0.143. The summed E-state index contributed by atoms with van der Waals surface area (Å²) in [5, 5.41) is 3.12. The molecule has 1 aromatic heterocycles. The Balaban J connectivity index is 1.50. The quantitative estimate of drug-likeness (QED) is 0.621. The molecule has 2 aromatic carbocycles. The molecular weight excluding hydrogens is 384 g/mol. The number of anilines is 1. The SMILES string of the molecule is CSCCC(NC(=O)c1ccc(N2CCCC2=O)cc1)c1nc2ccccc2[nH]1. The van der Waals surface area contributed by atoms with Crippen LogP contribution in [0.5, 0.6) is 0 Å². The Morgan fingerprint density at radius 1 is 1.24 bits per heavy atom. The van der Waals surface area contributed by atoms with Gasteiger partial charge in [-0.15, -0.1) is 0 Å². The summed E-state index contributed by atoms with van der Waals surface area (Å²) < 4.78 is 0. The molecule has 2 heterocycles. The third-order valence-corrected chi connectivity index (χ3v) is 5.81. The molecule has 6 nitrogen and oxygen atoms in total. The van der Waals surface area contributed by atoms with E-state index < -0.39 is 0 Å². The van der Waals surface area contributed by atoms with Crippen molar-refractivity contribution in [3.63, 3.8) is 0 Å². The summed E-state index contributed by atoms with van der Waals surface area (Å²) in [6.07, 6.45) is 4.32. The molecule has 2 N–H and O–H groups in total. The van der Waals surface area contributed by atoms with Gasteiger partial charge in [-0.1, -0.05) is 12.1 Å². The molecule has 1 unspecified atom stereocenters. The summed E-state index contributed by atoms with van der Waals surface area (Å²) in [6.45, 7) is 0.743. The van der Waals surface area contributed by atoms with E-state index in [0.29, 0.717) is 12.0 Å². The highest BCUT2D eigenvalue weighted by atomic mass is 32.2. The van der Waals surface area contributed by atoms with Crippen LogP contribution >= 0.6 is 11.8 Å². The molecule has 29 heavy (non-hydrogen) atoms. The van der Waals surface area contributed by atoms with E-state index in [0.717, 1.165) is 47.7 Å². The predicted octanol–water partition coefficient (Wildman–Crippen LogP) is 3.91. The van der Waals surface area contributed by atoms with Crippen molar-refractivity contribution in [2.75, 3.05) is 23.5 Å². The van der Waals surface area contributed by atoms with Gasteiger partial charge in [0.2, 0.25) is 5.91 Å². The number of fused-ring (bicyclic) bond motifs is 1. The van der Waals surface area contributed by atoms with Crippen molar-refractivity contribution in [3.05, 3.63) is 59.9 Å². The number of imidazole rings is 1. The smallest absolute Gasteiger partial charge is 0.251 e. The van der Waals surface area contributed by atoms with Gasteiger partial charge in [-0.25, -0.2) is 4.98 Å². The molecule has 0 radical (unpaired) electrons. The van der Waals surface area contributed by atoms with Crippen LogP contribution in [-0.4, -0.2) is 40.3 Å². The lowest BCUT2D eigenvalue weighted by atomic mass is 10.1. The molecule has 7 heteroatoms. The third kappa shape index (κ3) is 4.29. The number of rotatable bonds is 7. The van der Waals surface area contributed by atoms with Gasteiger partial charge in [-0.3, -0.25) is 9.59 Å². The Bertz CT molecular complexity index is 982. The van der Waals surface area contributed by atoms with Gasteiger partial charge < -0.3 is 15.2 Å². The summed E-state index contributed by atoms with van der Waals surface area (Å²) in [5.41, 5.74) is 3.28. The van der Waals surface area contributed by atoms with Gasteiger partial charge in [0.1, 0.15) is 5.82 Å². The van der Waals surface area contributed by atoms with Gasteiger partial charge in [0.15, 0.2) is 0 Å². The molecule has 1 saturated heterocycles. The van der Waals surface area contributed by atoms with E-state index in [1.54, 1.807) is 28.8 Å². The number of benzene rings is 2. The van der Waals surface area contributed by atoms with E-state index >= 15 is 0 Å². The Labute approximate surface area is 174 Å². The van der Waals surface area contributed by atoms with Crippen LogP contribution in [0.4, 0.5) is 5.69 Å². The normalized spacial score (nSPS) is 15.1. The zero-order valence-electron chi connectivity index (χ0n) is 16.4. The van der Waals surface area contributed by atoms with Crippen LogP contribution < -0.4 is 10.2 Å². The minimum atomic E-state index is -0.192. The molecule has 0 saturated carbocycles. The van der Waals surface area contributed by atoms with Crippen molar-refractivity contribution < 1.29 is 9.59 Å². The fraction of sp³-hybridized carbons (Fsp3) is 0.318. The van der Waals surface area contributed by atoms with Crippen LogP contribution in [0.2, 0.25) is 0 Å². The molecule has 0 bridgehead atoms. The molecule has 1 aliphatic heterocycles. The van der Waals surface area contributed by atoms with Gasteiger partial charge in [-0.05, 0) is 61.2 Å². The number of amides is 2. The van der Waals surface area contributed by atoms with Crippen molar-refractivity contribution >= 4 is 40.3 Å². The maximum Gasteiger partial charge on any atom is 0.251 e. The first-order chi connectivity index (χ1) is 14.2. The van der Waals surface area contributed by atoms with E-state index in [9.17, 15) is 9.59 Å². The standard InChI is InChI=1S/C22H24N4O2S/c1-29-14-12-19(21-23-17-5-2-3-6-18(17)24-21)25-22(28)15-8-10-16(11-9-15)26-13-4-7-20(26)27/h2-3,5-6,8-11,19H,4,7,12-14H2,1H3,(H,23,24)(H,25,28). The average Bonchev–Trinajstić information content (AvgIpc) is 3.37. The number of carbonyl (C=O) groups excluding carboxylic acids is 2. The van der Waals surface area contributed by atoms with Crippen molar-refractivity contribution in [2.24, 2.45) is 0 Å². The summed E-state index contributed by atoms with van der Waals surface area (Å²) in [6, 6.07) is 14.9. The maximum absolute atomic E-state index is 12.9. The highest BCUT2D eigenvalue weighted by Gasteiger charge is 2.22. The second-order valence-corrected chi connectivity index (χ2v) is 8.13. The first-order valence-electron chi connectivity index (χ1n) is 9.80. The van der Waals surface area contributed by atoms with Crippen LogP contribution in [-0.2, 0) is 4.79 Å². The number of aromatic amines is 1. The molecule has 1 atom stereocenters. The van der Waals surface area contributed by atoms with Gasteiger partial charge in [0, 0.05) is 24.2 Å². The molecule has 4 rings (SSSR count). The van der Waals surface area contributed by atoms with Gasteiger partial charge in [-0.2, -0.15) is 11.8 Å². The molecule has 2 amide bonds. The first-order valence-corrected chi connectivity index (χ1v) is 11.2. The summed E-state index contributed by atoms with van der Waals surface area (Å²) in [7, 11) is 0. The van der Waals surface area contributed by atoms with E-state index in [-0.39, 0.29) is 17.9 Å². The number of hydrogen-bond donors (Lipinski definition) is 2. The van der Waals surface area contributed by atoms with E-state index in [1.807, 2.05) is 36.4 Å². The monoisotopic (exact) mass is 408 g/mol. The van der Waals surface area contributed by atoms with Crippen LogP contribution in [0.3, 0.4) is 0 Å². The van der Waals surface area contributed by atoms with E-state index in [4.69, 9.17) is 0 Å². The lowest BCUT2D eigenvalue weighted by molar-refractivity contribution is -0.117. The van der Waals surface area contributed by atoms with Gasteiger partial charge in [0.25, 0.3) is 5.91 Å². The maximum atomic E-state index is 12.9. The molecule has 0 spiro atoms. The van der Waals surface area contributed by atoms with Crippen molar-refractivity contribution in [3.8, 4) is 0 Å². The van der Waals surface area contributed by atoms with E-state index in [1.165, 1.54) is 0 Å². The van der Waals surface area contributed by atoms with Crippen LogP contribution in [0.25, 0.3) is 11.0 Å². The molecule has 150 valence electrons. The van der Waals surface area contributed by atoms with Crippen molar-refractivity contribution in [1.29, 1.82) is 0 Å². The minimum Gasteiger partial charge on any atom is -0.342 e. The summed E-state index contributed by atoms with van der Waals surface area (Å²) in [5.74, 6) is 1.69. The Morgan fingerprint density at radius 3 is 2.72 bits per heavy atom. The molecule has 1 fully saturated rings. The van der Waals surface area contributed by atoms with Crippen LogP contribution in [0, 0.1) is 0 Å². The molecule has 3 aromatic rings. The summed E-state index contributed by atoms with van der Waals surface area (Å²) >= 11 is 1.74. The molecule has 0 aliphatic carbocycles. The summed E-state index contributed by atoms with van der Waals surface area (Å²) in [4.78, 5) is 34.5. The second kappa shape index (κ2) is 8.69. The highest BCUT2D eigenvalue weighted by Crippen LogP contribution is 2.23. The Morgan fingerprint density at radius 2 is 2.03 bits per heavy atom. The van der Waals surface area contributed by atoms with E-state index in [2.05, 4.69) is 21.5 Å². The lowest BCUT2D eigenvalue weighted by Gasteiger charge is -2.18. The first kappa shape index (κ1) is 19.5. The molecule has 1 aliphatic rings. The number of nitrogens with one attached hydrogen (secondary N) is 2. The number of para-hydroxylation sites is 2. The lowest BCUT2D eigenvalue weighted by Crippen LogP contribution is -2.30. The van der Waals surface area contributed by atoms with Crippen LogP contribution in [0.1, 0.15) is 41.5 Å². The van der Waals surface area contributed by atoms with Crippen LogP contribution in [0.15, 0.2) is 48.5 Å². The number of hydrogen-bond acceptors (Lipinski definition) is 4.